The molecule has 1 atom stereocenters. The van der Waals surface area contributed by atoms with Crippen LogP contribution in [0.4, 0.5) is 4.79 Å². The van der Waals surface area contributed by atoms with Gasteiger partial charge in [0.25, 0.3) is 0 Å². The average molecular weight is 308 g/mol. The van der Waals surface area contributed by atoms with Gasteiger partial charge in [-0.05, 0) is 45.7 Å². The van der Waals surface area contributed by atoms with E-state index in [9.17, 15) is 9.59 Å². The summed E-state index contributed by atoms with van der Waals surface area (Å²) in [5, 5.41) is 0. The summed E-state index contributed by atoms with van der Waals surface area (Å²) >= 11 is 0. The van der Waals surface area contributed by atoms with E-state index >= 15 is 0 Å². The quantitative estimate of drug-likeness (QED) is 0.868. The first-order valence-corrected chi connectivity index (χ1v) is 7.61. The fourth-order valence-corrected chi connectivity index (χ4v) is 2.34. The van der Waals surface area contributed by atoms with Crippen molar-refractivity contribution in [1.29, 1.82) is 0 Å². The fraction of sp³-hybridized carbons (Fsp3) is 0.625. The number of carbonyl (C=O) groups excluding carboxylic acids is 2. The summed E-state index contributed by atoms with van der Waals surface area (Å²) < 4.78 is 11.0. The molecule has 1 amide bonds. The summed E-state index contributed by atoms with van der Waals surface area (Å²) in [6, 6.07) is 3.50. The van der Waals surface area contributed by atoms with Crippen LogP contribution in [0.3, 0.4) is 0 Å². The zero-order valence-corrected chi connectivity index (χ0v) is 13.4. The van der Waals surface area contributed by atoms with E-state index in [1.807, 2.05) is 20.8 Å². The lowest BCUT2D eigenvalue weighted by atomic mass is 10.1. The maximum Gasteiger partial charge on any atom is 0.410 e. The molecule has 1 fully saturated rings. The molecule has 122 valence electrons. The SMILES string of the molecule is CC(C)(C)OC(=O)N1CCC[C@@H](OCC(=O)c2ccc[nH]2)C1. The zero-order chi connectivity index (χ0) is 16.2. The van der Waals surface area contributed by atoms with Gasteiger partial charge in [-0.25, -0.2) is 4.79 Å². The Morgan fingerprint density at radius 3 is 2.82 bits per heavy atom. The minimum absolute atomic E-state index is 0.0212. The van der Waals surface area contributed by atoms with E-state index < -0.39 is 5.60 Å². The van der Waals surface area contributed by atoms with E-state index in [2.05, 4.69) is 4.98 Å². The third kappa shape index (κ3) is 4.87. The Hall–Kier alpha value is -1.82. The first-order valence-electron chi connectivity index (χ1n) is 7.61. The molecule has 1 saturated heterocycles. The molecular weight excluding hydrogens is 284 g/mol. The van der Waals surface area contributed by atoms with Crippen LogP contribution in [-0.2, 0) is 9.47 Å². The van der Waals surface area contributed by atoms with Crippen molar-refractivity contribution in [3.8, 4) is 0 Å². The van der Waals surface area contributed by atoms with E-state index in [0.29, 0.717) is 18.8 Å². The lowest BCUT2D eigenvalue weighted by molar-refractivity contribution is -0.0163. The number of aromatic nitrogens is 1. The second kappa shape index (κ2) is 6.96. The summed E-state index contributed by atoms with van der Waals surface area (Å²) in [5.74, 6) is -0.0839. The fourth-order valence-electron chi connectivity index (χ4n) is 2.34. The van der Waals surface area contributed by atoms with Gasteiger partial charge < -0.3 is 19.4 Å². The van der Waals surface area contributed by atoms with Crippen LogP contribution in [0.1, 0.15) is 44.1 Å². The molecule has 1 aromatic rings. The molecule has 6 nitrogen and oxygen atoms in total. The number of H-pyrrole nitrogens is 1. The van der Waals surface area contributed by atoms with Gasteiger partial charge in [0.2, 0.25) is 5.78 Å². The lowest BCUT2D eigenvalue weighted by Gasteiger charge is -2.33. The summed E-state index contributed by atoms with van der Waals surface area (Å²) in [7, 11) is 0. The summed E-state index contributed by atoms with van der Waals surface area (Å²) in [6.45, 7) is 6.69. The van der Waals surface area contributed by atoms with Crippen molar-refractivity contribution in [3.05, 3.63) is 24.0 Å². The number of piperidine rings is 1. The molecule has 0 saturated carbocycles. The number of nitrogens with one attached hydrogen (secondary N) is 1. The van der Waals surface area contributed by atoms with Crippen molar-refractivity contribution in [1.82, 2.24) is 9.88 Å². The van der Waals surface area contributed by atoms with Crippen LogP contribution in [0.15, 0.2) is 18.3 Å². The highest BCUT2D eigenvalue weighted by atomic mass is 16.6. The molecule has 0 aromatic carbocycles. The number of rotatable bonds is 4. The van der Waals surface area contributed by atoms with Crippen LogP contribution < -0.4 is 0 Å². The number of nitrogens with zero attached hydrogens (tertiary/aromatic N) is 1. The summed E-state index contributed by atoms with van der Waals surface area (Å²) in [5.41, 5.74) is 0.0360. The Bertz CT molecular complexity index is 505. The van der Waals surface area contributed by atoms with Gasteiger partial charge in [0.15, 0.2) is 0 Å². The molecule has 2 heterocycles. The third-order valence-corrected chi connectivity index (χ3v) is 3.38. The van der Waals surface area contributed by atoms with Crippen LogP contribution >= 0.6 is 0 Å². The van der Waals surface area contributed by atoms with Gasteiger partial charge >= 0.3 is 6.09 Å². The Kier molecular flexibility index (Phi) is 5.24. The zero-order valence-electron chi connectivity index (χ0n) is 13.4. The van der Waals surface area contributed by atoms with Gasteiger partial charge in [-0.15, -0.1) is 0 Å². The minimum atomic E-state index is -0.505. The number of amides is 1. The molecular formula is C16H24N2O4. The van der Waals surface area contributed by atoms with Crippen molar-refractivity contribution < 1.29 is 19.1 Å². The summed E-state index contributed by atoms with van der Waals surface area (Å²) in [4.78, 5) is 28.5. The standard InChI is InChI=1S/C16H24N2O4/c1-16(2,3)22-15(20)18-9-5-6-12(10-18)21-11-14(19)13-7-4-8-17-13/h4,7-8,12,17H,5-6,9-11H2,1-3H3/t12-/m1/s1. The van der Waals surface area contributed by atoms with Crippen LogP contribution in [-0.4, -0.2) is 53.2 Å². The maximum atomic E-state index is 12.1. The highest BCUT2D eigenvalue weighted by Gasteiger charge is 2.28. The van der Waals surface area contributed by atoms with E-state index in [4.69, 9.17) is 9.47 Å². The summed E-state index contributed by atoms with van der Waals surface area (Å²) in [6.07, 6.45) is 2.95. The van der Waals surface area contributed by atoms with E-state index in [0.717, 1.165) is 12.8 Å². The van der Waals surface area contributed by atoms with Gasteiger partial charge in [0.1, 0.15) is 12.2 Å². The second-order valence-electron chi connectivity index (χ2n) is 6.51. The number of ether oxygens (including phenoxy) is 2. The first-order chi connectivity index (χ1) is 10.3. The number of hydrogen-bond acceptors (Lipinski definition) is 4. The van der Waals surface area contributed by atoms with E-state index in [1.54, 1.807) is 23.2 Å². The number of carbonyl (C=O) groups is 2. The van der Waals surface area contributed by atoms with Crippen molar-refractivity contribution >= 4 is 11.9 Å². The Balaban J connectivity index is 1.80. The van der Waals surface area contributed by atoms with Gasteiger partial charge in [-0.1, -0.05) is 0 Å². The van der Waals surface area contributed by atoms with Crippen LogP contribution in [0.5, 0.6) is 0 Å². The molecule has 22 heavy (non-hydrogen) atoms. The van der Waals surface area contributed by atoms with Gasteiger partial charge in [0, 0.05) is 12.7 Å². The molecule has 0 radical (unpaired) electrons. The van der Waals surface area contributed by atoms with Crippen molar-refractivity contribution in [3.63, 3.8) is 0 Å². The molecule has 0 spiro atoms. The number of aromatic amines is 1. The molecule has 1 N–H and O–H groups in total. The van der Waals surface area contributed by atoms with Gasteiger partial charge in [-0.3, -0.25) is 4.79 Å². The first kappa shape index (κ1) is 16.5. The molecule has 1 aliphatic heterocycles. The Morgan fingerprint density at radius 1 is 1.41 bits per heavy atom. The topological polar surface area (TPSA) is 71.6 Å². The van der Waals surface area contributed by atoms with Gasteiger partial charge in [-0.2, -0.15) is 0 Å². The largest absolute Gasteiger partial charge is 0.444 e. The normalized spacial score (nSPS) is 19.0. The molecule has 0 unspecified atom stereocenters. The van der Waals surface area contributed by atoms with Crippen LogP contribution in [0.2, 0.25) is 0 Å². The van der Waals surface area contributed by atoms with Crippen LogP contribution in [0.25, 0.3) is 0 Å². The highest BCUT2D eigenvalue weighted by Crippen LogP contribution is 2.17. The van der Waals surface area contributed by atoms with E-state index in [-0.39, 0.29) is 24.6 Å². The van der Waals surface area contributed by atoms with Crippen molar-refractivity contribution in [2.45, 2.75) is 45.3 Å². The van der Waals surface area contributed by atoms with Crippen LogP contribution in [0, 0.1) is 0 Å². The monoisotopic (exact) mass is 308 g/mol. The minimum Gasteiger partial charge on any atom is -0.444 e. The predicted molar refractivity (Wildman–Crippen MR) is 81.9 cm³/mol. The molecule has 0 bridgehead atoms. The molecule has 1 aromatic heterocycles. The number of Topliss-reactive ketones (excluding diaryl/α,β-unsaturated/α-hetero) is 1. The molecule has 1 aliphatic rings. The maximum absolute atomic E-state index is 12.1. The highest BCUT2D eigenvalue weighted by molar-refractivity contribution is 5.95. The number of likely N-dealkylation sites (tertiary alicyclic amines) is 1. The smallest absolute Gasteiger partial charge is 0.410 e. The Morgan fingerprint density at radius 2 is 2.18 bits per heavy atom. The number of ketones is 1. The lowest BCUT2D eigenvalue weighted by Crippen LogP contribution is -2.45. The number of hydrogen-bond donors (Lipinski definition) is 1. The van der Waals surface area contributed by atoms with Crippen molar-refractivity contribution in [2.75, 3.05) is 19.7 Å². The average Bonchev–Trinajstić information content (AvgIpc) is 2.97. The van der Waals surface area contributed by atoms with Crippen molar-refractivity contribution in [2.24, 2.45) is 0 Å². The third-order valence-electron chi connectivity index (χ3n) is 3.38. The van der Waals surface area contributed by atoms with Gasteiger partial charge in [0.05, 0.1) is 18.3 Å². The predicted octanol–water partition coefficient (Wildman–Crippen LogP) is 2.61. The molecule has 0 aliphatic carbocycles. The van der Waals surface area contributed by atoms with E-state index in [1.165, 1.54) is 0 Å². The second-order valence-corrected chi connectivity index (χ2v) is 6.51. The molecule has 2 rings (SSSR count). The molecule has 6 heteroatoms. The Labute approximate surface area is 130 Å².